The molecule has 9 heteroatoms. The molecule has 3 amide bonds. The van der Waals surface area contributed by atoms with Crippen LogP contribution in [0, 0.1) is 0 Å². The van der Waals surface area contributed by atoms with Crippen molar-refractivity contribution in [1.82, 2.24) is 10.3 Å². The van der Waals surface area contributed by atoms with Crippen molar-refractivity contribution in [2.24, 2.45) is 0 Å². The number of hydrogen-bond acceptors (Lipinski definition) is 6. The zero-order chi connectivity index (χ0) is 22.4. The number of amides is 3. The highest BCUT2D eigenvalue weighted by Crippen LogP contribution is 2.32. The Balaban J connectivity index is 1.64. The van der Waals surface area contributed by atoms with Crippen LogP contribution in [0.5, 0.6) is 5.75 Å². The van der Waals surface area contributed by atoms with Gasteiger partial charge in [-0.15, -0.1) is 0 Å². The third-order valence-corrected chi connectivity index (χ3v) is 4.39. The predicted octanol–water partition coefficient (Wildman–Crippen LogP) is 2.82. The van der Waals surface area contributed by atoms with Gasteiger partial charge in [0.2, 0.25) is 5.91 Å². The van der Waals surface area contributed by atoms with E-state index < -0.39 is 23.3 Å². The summed E-state index contributed by atoms with van der Waals surface area (Å²) in [5, 5.41) is 7.63. The molecule has 3 rings (SSSR count). The number of carbonyl (C=O) groups is 3. The van der Waals surface area contributed by atoms with E-state index in [1.165, 1.54) is 33.5 Å². The predicted molar refractivity (Wildman–Crippen MR) is 114 cm³/mol. The second kappa shape index (κ2) is 9.12. The molecule has 3 aromatic rings. The fourth-order valence-corrected chi connectivity index (χ4v) is 2.72. The number of ether oxygens (including phenoxy) is 1. The summed E-state index contributed by atoms with van der Waals surface area (Å²) >= 11 is 0. The van der Waals surface area contributed by atoms with E-state index in [9.17, 15) is 14.4 Å². The Kier molecular flexibility index (Phi) is 6.35. The SMILES string of the molecule is COc1cc(NC(=O)C(=O)NC(C)(C)C(=O)Nc2ccccc2)ccc1-c1cnco1. The van der Waals surface area contributed by atoms with Crippen molar-refractivity contribution >= 4 is 29.1 Å². The van der Waals surface area contributed by atoms with Crippen LogP contribution in [0.2, 0.25) is 0 Å². The third kappa shape index (κ3) is 5.27. The molecule has 0 aliphatic heterocycles. The smallest absolute Gasteiger partial charge is 0.313 e. The van der Waals surface area contributed by atoms with E-state index >= 15 is 0 Å². The van der Waals surface area contributed by atoms with E-state index in [1.807, 2.05) is 6.07 Å². The Morgan fingerprint density at radius 3 is 2.35 bits per heavy atom. The molecule has 2 aromatic carbocycles. The van der Waals surface area contributed by atoms with Gasteiger partial charge in [0.05, 0.1) is 18.9 Å². The Morgan fingerprint density at radius 2 is 1.71 bits per heavy atom. The van der Waals surface area contributed by atoms with Gasteiger partial charge in [0, 0.05) is 17.4 Å². The zero-order valence-electron chi connectivity index (χ0n) is 17.3. The maximum absolute atomic E-state index is 12.5. The normalized spacial score (nSPS) is 10.8. The largest absolute Gasteiger partial charge is 0.496 e. The molecular formula is C22H22N4O5. The molecule has 1 heterocycles. The first-order valence-electron chi connectivity index (χ1n) is 9.37. The number of rotatable bonds is 6. The van der Waals surface area contributed by atoms with Crippen LogP contribution in [-0.4, -0.2) is 35.4 Å². The molecule has 160 valence electrons. The molecule has 3 N–H and O–H groups in total. The van der Waals surface area contributed by atoms with Crippen LogP contribution in [0.15, 0.2) is 65.5 Å². The molecule has 0 fully saturated rings. The zero-order valence-corrected chi connectivity index (χ0v) is 17.3. The topological polar surface area (TPSA) is 123 Å². The number of benzene rings is 2. The van der Waals surface area contributed by atoms with Crippen molar-refractivity contribution < 1.29 is 23.5 Å². The highest BCUT2D eigenvalue weighted by Gasteiger charge is 2.32. The maximum atomic E-state index is 12.5. The number of para-hydroxylation sites is 1. The average molecular weight is 422 g/mol. The molecule has 0 saturated heterocycles. The van der Waals surface area contributed by atoms with E-state index in [4.69, 9.17) is 9.15 Å². The van der Waals surface area contributed by atoms with Crippen molar-refractivity contribution in [3.05, 3.63) is 61.1 Å². The molecule has 0 spiro atoms. The standard InChI is InChI=1S/C22H22N4O5/c1-22(2,21(29)25-14-7-5-4-6-8-14)26-20(28)19(27)24-15-9-10-16(17(11-15)30-3)18-12-23-13-31-18/h4-13H,1-3H3,(H,24,27)(H,25,29)(H,26,28). The fraction of sp³-hybridized carbons (Fsp3) is 0.182. The number of nitrogens with zero attached hydrogens (tertiary/aromatic N) is 1. The summed E-state index contributed by atoms with van der Waals surface area (Å²) in [6.07, 6.45) is 2.83. The lowest BCUT2D eigenvalue weighted by atomic mass is 10.0. The van der Waals surface area contributed by atoms with Crippen molar-refractivity contribution in [3.63, 3.8) is 0 Å². The molecule has 31 heavy (non-hydrogen) atoms. The van der Waals surface area contributed by atoms with E-state index in [0.717, 1.165) is 0 Å². The first kappa shape index (κ1) is 21.6. The maximum Gasteiger partial charge on any atom is 0.313 e. The lowest BCUT2D eigenvalue weighted by Crippen LogP contribution is -2.55. The summed E-state index contributed by atoms with van der Waals surface area (Å²) in [5.41, 5.74) is 0.240. The molecule has 0 saturated carbocycles. The van der Waals surface area contributed by atoms with Gasteiger partial charge in [-0.3, -0.25) is 14.4 Å². The molecule has 0 bridgehead atoms. The van der Waals surface area contributed by atoms with Gasteiger partial charge >= 0.3 is 11.8 Å². The number of oxazole rings is 1. The number of carbonyl (C=O) groups excluding carboxylic acids is 3. The minimum atomic E-state index is -1.32. The summed E-state index contributed by atoms with van der Waals surface area (Å²) in [4.78, 5) is 41.1. The van der Waals surface area contributed by atoms with Gasteiger partial charge in [0.25, 0.3) is 0 Å². The average Bonchev–Trinajstić information content (AvgIpc) is 3.28. The summed E-state index contributed by atoms with van der Waals surface area (Å²) < 4.78 is 10.6. The van der Waals surface area contributed by atoms with Gasteiger partial charge in [0.15, 0.2) is 12.2 Å². The third-order valence-electron chi connectivity index (χ3n) is 4.39. The van der Waals surface area contributed by atoms with Gasteiger partial charge in [-0.05, 0) is 38.1 Å². The van der Waals surface area contributed by atoms with Gasteiger partial charge in [-0.25, -0.2) is 4.98 Å². The van der Waals surface area contributed by atoms with Crippen LogP contribution in [-0.2, 0) is 14.4 Å². The number of anilines is 2. The molecule has 0 atom stereocenters. The molecule has 9 nitrogen and oxygen atoms in total. The molecule has 0 aliphatic rings. The lowest BCUT2D eigenvalue weighted by Gasteiger charge is -2.24. The Morgan fingerprint density at radius 1 is 0.968 bits per heavy atom. The van der Waals surface area contributed by atoms with E-state index in [1.54, 1.807) is 42.5 Å². The summed E-state index contributed by atoms with van der Waals surface area (Å²) in [6, 6.07) is 13.6. The first-order chi connectivity index (χ1) is 14.8. The molecule has 0 unspecified atom stereocenters. The van der Waals surface area contributed by atoms with E-state index in [0.29, 0.717) is 28.4 Å². The molecule has 0 aliphatic carbocycles. The van der Waals surface area contributed by atoms with Gasteiger partial charge in [0.1, 0.15) is 11.3 Å². The molecular weight excluding hydrogens is 400 g/mol. The summed E-state index contributed by atoms with van der Waals surface area (Å²) in [6.45, 7) is 3.01. The van der Waals surface area contributed by atoms with Crippen LogP contribution in [0.25, 0.3) is 11.3 Å². The van der Waals surface area contributed by atoms with E-state index in [-0.39, 0.29) is 0 Å². The minimum Gasteiger partial charge on any atom is -0.496 e. The Bertz CT molecular complexity index is 1080. The van der Waals surface area contributed by atoms with Gasteiger partial charge < -0.3 is 25.1 Å². The second-order valence-electron chi connectivity index (χ2n) is 7.13. The highest BCUT2D eigenvalue weighted by molar-refractivity contribution is 6.40. The first-order valence-corrected chi connectivity index (χ1v) is 9.37. The van der Waals surface area contributed by atoms with Crippen molar-refractivity contribution in [3.8, 4) is 17.1 Å². The van der Waals surface area contributed by atoms with Crippen LogP contribution in [0.1, 0.15) is 13.8 Å². The minimum absolute atomic E-state index is 0.340. The van der Waals surface area contributed by atoms with Gasteiger partial charge in [-0.1, -0.05) is 18.2 Å². The van der Waals surface area contributed by atoms with Crippen molar-refractivity contribution in [1.29, 1.82) is 0 Å². The monoisotopic (exact) mass is 422 g/mol. The highest BCUT2D eigenvalue weighted by atomic mass is 16.5. The van der Waals surface area contributed by atoms with Crippen LogP contribution in [0.4, 0.5) is 11.4 Å². The number of methoxy groups -OCH3 is 1. The van der Waals surface area contributed by atoms with E-state index in [2.05, 4.69) is 20.9 Å². The molecule has 1 aromatic heterocycles. The van der Waals surface area contributed by atoms with Crippen molar-refractivity contribution in [2.75, 3.05) is 17.7 Å². The van der Waals surface area contributed by atoms with Crippen LogP contribution < -0.4 is 20.7 Å². The second-order valence-corrected chi connectivity index (χ2v) is 7.13. The Labute approximate surface area is 178 Å². The lowest BCUT2D eigenvalue weighted by molar-refractivity contribution is -0.138. The number of aromatic nitrogens is 1. The quantitative estimate of drug-likeness (QED) is 0.525. The van der Waals surface area contributed by atoms with Crippen molar-refractivity contribution in [2.45, 2.75) is 19.4 Å². The van der Waals surface area contributed by atoms with Gasteiger partial charge in [-0.2, -0.15) is 0 Å². The Hall–Kier alpha value is -4.14. The molecule has 0 radical (unpaired) electrons. The number of hydrogen-bond donors (Lipinski definition) is 3. The van der Waals surface area contributed by atoms with Crippen LogP contribution >= 0.6 is 0 Å². The number of nitrogens with one attached hydrogen (secondary N) is 3. The summed E-state index contributed by atoms with van der Waals surface area (Å²) in [5.74, 6) is -1.41. The fourth-order valence-electron chi connectivity index (χ4n) is 2.72. The summed E-state index contributed by atoms with van der Waals surface area (Å²) in [7, 11) is 1.47. The van der Waals surface area contributed by atoms with Crippen LogP contribution in [0.3, 0.4) is 0 Å².